The molecule has 0 N–H and O–H groups in total. The minimum Gasteiger partial charge on any atom is -0.347 e. The van der Waals surface area contributed by atoms with E-state index in [2.05, 4.69) is 0 Å². The molecule has 21 heavy (non-hydrogen) atoms. The lowest BCUT2D eigenvalue weighted by atomic mass is 10.1. The van der Waals surface area contributed by atoms with Crippen LogP contribution in [0.2, 0.25) is 0 Å². The third-order valence-electron chi connectivity index (χ3n) is 3.94. The number of aromatic nitrogens is 1. The largest absolute Gasteiger partial charge is 0.347 e. The molecule has 0 saturated carbocycles. The van der Waals surface area contributed by atoms with Crippen LogP contribution < -0.4 is 0 Å². The van der Waals surface area contributed by atoms with Crippen LogP contribution in [0.5, 0.6) is 0 Å². The molecule has 1 heterocycles. The lowest BCUT2D eigenvalue weighted by Gasteiger charge is -2.17. The van der Waals surface area contributed by atoms with Gasteiger partial charge in [-0.3, -0.25) is 4.79 Å². The number of hydrogen-bond donors (Lipinski definition) is 0. The van der Waals surface area contributed by atoms with Gasteiger partial charge in [-0.15, -0.1) is 0 Å². The van der Waals surface area contributed by atoms with Crippen LogP contribution in [0.25, 0.3) is 0 Å². The van der Waals surface area contributed by atoms with E-state index in [0.717, 1.165) is 24.8 Å². The van der Waals surface area contributed by atoms with Crippen molar-refractivity contribution in [3.8, 4) is 0 Å². The molecule has 1 aliphatic carbocycles. The molecule has 0 radical (unpaired) electrons. The number of aryl methyl sites for hydroxylation is 1. The highest BCUT2D eigenvalue weighted by Gasteiger charge is 2.32. The molecule has 4 heteroatoms. The molecular weight excluding hydrogens is 272 g/mol. The number of rotatable bonds is 3. The first kappa shape index (κ1) is 14.0. The second-order valence-corrected chi connectivity index (χ2v) is 5.57. The molecule has 110 valence electrons. The summed E-state index contributed by atoms with van der Waals surface area (Å²) in [6.07, 6.45) is 6.43. The predicted molar refractivity (Wildman–Crippen MR) is 76.7 cm³/mol. The van der Waals surface area contributed by atoms with Gasteiger partial charge in [0.2, 0.25) is 0 Å². The number of carbonyl (C=O) groups excluding carboxylic acids is 1. The van der Waals surface area contributed by atoms with Gasteiger partial charge >= 0.3 is 0 Å². The topological polar surface area (TPSA) is 22.0 Å². The Bertz CT molecular complexity index is 646. The van der Waals surface area contributed by atoms with Crippen LogP contribution >= 0.6 is 0 Å². The van der Waals surface area contributed by atoms with Crippen LogP contribution in [0.1, 0.15) is 40.7 Å². The highest BCUT2D eigenvalue weighted by atomic mass is 19.3. The fourth-order valence-electron chi connectivity index (χ4n) is 2.84. The summed E-state index contributed by atoms with van der Waals surface area (Å²) in [6, 6.07) is 7.80. The van der Waals surface area contributed by atoms with Crippen molar-refractivity contribution in [2.75, 3.05) is 0 Å². The Morgan fingerprint density at radius 3 is 2.52 bits per heavy atom. The first-order valence-electron chi connectivity index (χ1n) is 7.21. The number of fused-ring (bicyclic) bond motifs is 1. The highest BCUT2D eigenvalue weighted by Crippen LogP contribution is 2.31. The molecule has 2 aromatic rings. The van der Waals surface area contributed by atoms with Gasteiger partial charge in [-0.25, -0.2) is 0 Å². The van der Waals surface area contributed by atoms with E-state index in [-0.39, 0.29) is 11.3 Å². The molecule has 1 aromatic carbocycles. The summed E-state index contributed by atoms with van der Waals surface area (Å²) in [6.45, 7) is -0.433. The van der Waals surface area contributed by atoms with Crippen molar-refractivity contribution in [3.05, 3.63) is 59.4 Å². The van der Waals surface area contributed by atoms with E-state index in [4.69, 9.17) is 0 Å². The maximum absolute atomic E-state index is 14.3. The van der Waals surface area contributed by atoms with Gasteiger partial charge in [0.1, 0.15) is 0 Å². The monoisotopic (exact) mass is 289 g/mol. The van der Waals surface area contributed by atoms with Crippen molar-refractivity contribution in [2.24, 2.45) is 0 Å². The van der Waals surface area contributed by atoms with E-state index < -0.39 is 12.5 Å². The van der Waals surface area contributed by atoms with Gasteiger partial charge in [-0.1, -0.05) is 30.3 Å². The van der Waals surface area contributed by atoms with Crippen molar-refractivity contribution in [1.82, 2.24) is 4.57 Å². The molecule has 1 aromatic heterocycles. The Morgan fingerprint density at radius 1 is 1.05 bits per heavy atom. The Balaban J connectivity index is 1.86. The van der Waals surface area contributed by atoms with Crippen LogP contribution in [0.4, 0.5) is 8.78 Å². The van der Waals surface area contributed by atoms with E-state index in [1.165, 1.54) is 16.7 Å². The standard InChI is InChI=1S/C17H17F2NO/c18-17(19,14-7-2-1-3-8-14)12-20-10-13-6-4-5-9-16(21)15(13)11-20/h1-3,7-8,10-11H,4-6,9,12H2. The first-order chi connectivity index (χ1) is 10.1. The Labute approximate surface area is 122 Å². The van der Waals surface area contributed by atoms with Crippen LogP contribution in [0, 0.1) is 0 Å². The molecule has 0 bridgehead atoms. The molecule has 0 spiro atoms. The van der Waals surface area contributed by atoms with Gasteiger partial charge in [0.15, 0.2) is 5.78 Å². The average Bonchev–Trinajstić information content (AvgIpc) is 2.78. The zero-order valence-corrected chi connectivity index (χ0v) is 11.7. The maximum atomic E-state index is 14.3. The summed E-state index contributed by atoms with van der Waals surface area (Å²) < 4.78 is 30.0. The van der Waals surface area contributed by atoms with Gasteiger partial charge in [0, 0.05) is 29.9 Å². The summed E-state index contributed by atoms with van der Waals surface area (Å²) in [5.74, 6) is -2.87. The Morgan fingerprint density at radius 2 is 1.76 bits per heavy atom. The summed E-state index contributed by atoms with van der Waals surface area (Å²) in [5.41, 5.74) is 1.53. The van der Waals surface area contributed by atoms with Crippen LogP contribution in [0.15, 0.2) is 42.7 Å². The molecule has 0 fully saturated rings. The summed E-state index contributed by atoms with van der Waals surface area (Å²) >= 11 is 0. The number of carbonyl (C=O) groups is 1. The smallest absolute Gasteiger partial charge is 0.290 e. The summed E-state index contributed by atoms with van der Waals surface area (Å²) in [5, 5.41) is 0. The third-order valence-corrected chi connectivity index (χ3v) is 3.94. The number of halogens is 2. The maximum Gasteiger partial charge on any atom is 0.290 e. The molecule has 0 aliphatic heterocycles. The quantitative estimate of drug-likeness (QED) is 0.777. The van der Waals surface area contributed by atoms with E-state index >= 15 is 0 Å². The minimum atomic E-state index is -2.94. The van der Waals surface area contributed by atoms with E-state index in [1.807, 2.05) is 0 Å². The van der Waals surface area contributed by atoms with Crippen molar-refractivity contribution < 1.29 is 13.6 Å². The van der Waals surface area contributed by atoms with E-state index in [9.17, 15) is 13.6 Å². The molecule has 0 amide bonds. The summed E-state index contributed by atoms with van der Waals surface area (Å²) in [4.78, 5) is 12.0. The molecule has 0 unspecified atom stereocenters. The van der Waals surface area contributed by atoms with Gasteiger partial charge in [0.25, 0.3) is 5.92 Å². The van der Waals surface area contributed by atoms with Gasteiger partial charge in [0.05, 0.1) is 6.54 Å². The van der Waals surface area contributed by atoms with Crippen LogP contribution in [-0.2, 0) is 18.9 Å². The normalized spacial score (nSPS) is 15.6. The molecule has 1 aliphatic rings. The van der Waals surface area contributed by atoms with Crippen molar-refractivity contribution >= 4 is 5.78 Å². The van der Waals surface area contributed by atoms with Gasteiger partial charge < -0.3 is 4.57 Å². The second-order valence-electron chi connectivity index (χ2n) is 5.57. The van der Waals surface area contributed by atoms with E-state index in [0.29, 0.717) is 12.0 Å². The zero-order chi connectivity index (χ0) is 14.9. The Hall–Kier alpha value is -1.97. The molecule has 0 saturated heterocycles. The molecular formula is C17H17F2NO. The number of Topliss-reactive ketones (excluding diaryl/α,β-unsaturated/α-hetero) is 1. The number of ketones is 1. The Kier molecular flexibility index (Phi) is 3.62. The number of alkyl halides is 2. The lowest BCUT2D eigenvalue weighted by Crippen LogP contribution is -2.20. The van der Waals surface area contributed by atoms with Crippen LogP contribution in [0.3, 0.4) is 0 Å². The lowest BCUT2D eigenvalue weighted by molar-refractivity contribution is -0.0222. The van der Waals surface area contributed by atoms with Gasteiger partial charge in [-0.2, -0.15) is 8.78 Å². The first-order valence-corrected chi connectivity index (χ1v) is 7.21. The van der Waals surface area contributed by atoms with Gasteiger partial charge in [-0.05, 0) is 24.8 Å². The SMILES string of the molecule is O=C1CCCCc2cn(CC(F)(F)c3ccccc3)cc21. The minimum absolute atomic E-state index is 0.000204. The number of benzene rings is 1. The van der Waals surface area contributed by atoms with Crippen molar-refractivity contribution in [1.29, 1.82) is 0 Å². The second kappa shape index (κ2) is 5.43. The molecule has 3 rings (SSSR count). The summed E-state index contributed by atoms with van der Waals surface area (Å²) in [7, 11) is 0. The fraction of sp³-hybridized carbons (Fsp3) is 0.353. The van der Waals surface area contributed by atoms with E-state index in [1.54, 1.807) is 30.6 Å². The van der Waals surface area contributed by atoms with Crippen molar-refractivity contribution in [2.45, 2.75) is 38.2 Å². The number of hydrogen-bond acceptors (Lipinski definition) is 1. The fourth-order valence-corrected chi connectivity index (χ4v) is 2.84. The molecule has 2 nitrogen and oxygen atoms in total. The molecule has 0 atom stereocenters. The van der Waals surface area contributed by atoms with Crippen LogP contribution in [-0.4, -0.2) is 10.4 Å². The zero-order valence-electron chi connectivity index (χ0n) is 11.7. The highest BCUT2D eigenvalue weighted by molar-refractivity contribution is 5.97. The number of nitrogens with zero attached hydrogens (tertiary/aromatic N) is 1. The third kappa shape index (κ3) is 2.89. The average molecular weight is 289 g/mol. The predicted octanol–water partition coefficient (Wildman–Crippen LogP) is 4.19. The van der Waals surface area contributed by atoms with Crippen molar-refractivity contribution in [3.63, 3.8) is 0 Å².